The lowest BCUT2D eigenvalue weighted by Gasteiger charge is -2.37. The van der Waals surface area contributed by atoms with Crippen LogP contribution in [0.25, 0.3) is 0 Å². The van der Waals surface area contributed by atoms with Crippen LogP contribution in [0.4, 0.5) is 13.2 Å². The van der Waals surface area contributed by atoms with Gasteiger partial charge in [0.1, 0.15) is 0 Å². The van der Waals surface area contributed by atoms with Crippen molar-refractivity contribution in [3.8, 4) is 0 Å². The Bertz CT molecular complexity index is 678. The Morgan fingerprint density at radius 3 is 2.32 bits per heavy atom. The van der Waals surface area contributed by atoms with Crippen LogP contribution in [0.2, 0.25) is 0 Å². The van der Waals surface area contributed by atoms with Gasteiger partial charge in [-0.2, -0.15) is 13.2 Å². The first-order valence-corrected chi connectivity index (χ1v) is 9.52. The van der Waals surface area contributed by atoms with E-state index in [1.807, 2.05) is 12.3 Å². The van der Waals surface area contributed by atoms with Crippen LogP contribution in [0.3, 0.4) is 0 Å². The fourth-order valence-electron chi connectivity index (χ4n) is 3.92. The number of hydrogen-bond donors (Lipinski definition) is 1. The van der Waals surface area contributed by atoms with Gasteiger partial charge in [0, 0.05) is 25.2 Å². The summed E-state index contributed by atoms with van der Waals surface area (Å²) in [5.41, 5.74) is 1.21. The van der Waals surface area contributed by atoms with Crippen molar-refractivity contribution in [3.05, 3.63) is 24.2 Å². The van der Waals surface area contributed by atoms with Crippen molar-refractivity contribution in [1.82, 2.24) is 9.80 Å². The zero-order valence-electron chi connectivity index (χ0n) is 15.6. The van der Waals surface area contributed by atoms with E-state index in [0.29, 0.717) is 5.91 Å². The lowest BCUT2D eigenvalue weighted by molar-refractivity contribution is -0.192. The maximum atomic E-state index is 12.8. The quantitative estimate of drug-likeness (QED) is 0.838. The first-order valence-electron chi connectivity index (χ1n) is 9.52. The highest BCUT2D eigenvalue weighted by Crippen LogP contribution is 2.43. The van der Waals surface area contributed by atoms with Crippen molar-refractivity contribution in [2.45, 2.75) is 44.8 Å². The minimum Gasteiger partial charge on any atom is -0.475 e. The summed E-state index contributed by atoms with van der Waals surface area (Å²) in [5.74, 6) is -1.49. The molecule has 3 aliphatic rings. The number of carboxylic acid groups (broad SMARTS) is 1. The molecule has 28 heavy (non-hydrogen) atoms. The highest BCUT2D eigenvalue weighted by molar-refractivity contribution is 5.85. The fraction of sp³-hybridized carbons (Fsp3) is 0.684. The summed E-state index contributed by atoms with van der Waals surface area (Å²) in [6.07, 6.45) is 4.28. The van der Waals surface area contributed by atoms with Crippen LogP contribution < -0.4 is 0 Å². The van der Waals surface area contributed by atoms with Crippen molar-refractivity contribution in [2.75, 3.05) is 26.2 Å². The molecule has 3 heterocycles. The van der Waals surface area contributed by atoms with Gasteiger partial charge in [0.05, 0.1) is 17.9 Å². The van der Waals surface area contributed by atoms with E-state index in [2.05, 4.69) is 9.80 Å². The van der Waals surface area contributed by atoms with Gasteiger partial charge in [-0.1, -0.05) is 0 Å². The van der Waals surface area contributed by atoms with Crippen molar-refractivity contribution in [3.63, 3.8) is 0 Å². The summed E-state index contributed by atoms with van der Waals surface area (Å²) in [7, 11) is 0. The minimum absolute atomic E-state index is 0.0260. The third kappa shape index (κ3) is 5.06. The molecule has 2 aliphatic heterocycles. The predicted octanol–water partition coefficient (Wildman–Crippen LogP) is 3.14. The summed E-state index contributed by atoms with van der Waals surface area (Å²) in [6.45, 7) is 5.05. The van der Waals surface area contributed by atoms with Gasteiger partial charge in [-0.3, -0.25) is 9.69 Å². The molecule has 1 aliphatic carbocycles. The van der Waals surface area contributed by atoms with Crippen LogP contribution in [-0.2, 0) is 16.1 Å². The molecule has 3 fully saturated rings. The average Bonchev–Trinajstić information content (AvgIpc) is 3.23. The number of likely N-dealkylation sites (tertiary alicyclic amines) is 2. The first kappa shape index (κ1) is 20.7. The van der Waals surface area contributed by atoms with E-state index in [1.165, 1.54) is 18.4 Å². The number of nitrogens with zero attached hydrogens (tertiary/aromatic N) is 2. The van der Waals surface area contributed by atoms with Crippen LogP contribution >= 0.6 is 0 Å². The van der Waals surface area contributed by atoms with Gasteiger partial charge in [-0.25, -0.2) is 4.79 Å². The number of carbonyl (C=O) groups is 2. The Hall–Kier alpha value is -2.03. The molecular weight excluding hydrogens is 377 g/mol. The number of furan rings is 1. The highest BCUT2D eigenvalue weighted by atomic mass is 19.4. The van der Waals surface area contributed by atoms with Crippen molar-refractivity contribution < 1.29 is 32.3 Å². The molecule has 1 aromatic rings. The lowest BCUT2D eigenvalue weighted by Crippen LogP contribution is -2.44. The van der Waals surface area contributed by atoms with Crippen molar-refractivity contribution >= 4 is 11.9 Å². The number of alkyl halides is 3. The summed E-state index contributed by atoms with van der Waals surface area (Å²) in [6, 6.07) is 2.03. The molecule has 156 valence electrons. The second-order valence-electron chi connectivity index (χ2n) is 7.94. The second kappa shape index (κ2) is 8.14. The molecule has 0 unspecified atom stereocenters. The van der Waals surface area contributed by atoms with Gasteiger partial charge in [0.2, 0.25) is 5.91 Å². The van der Waals surface area contributed by atoms with Gasteiger partial charge in [0.25, 0.3) is 0 Å². The molecule has 0 atom stereocenters. The van der Waals surface area contributed by atoms with Crippen molar-refractivity contribution in [1.29, 1.82) is 0 Å². The molecule has 0 bridgehead atoms. The van der Waals surface area contributed by atoms with E-state index in [4.69, 9.17) is 14.3 Å². The molecule has 0 aromatic carbocycles. The van der Waals surface area contributed by atoms with E-state index in [0.717, 1.165) is 57.9 Å². The van der Waals surface area contributed by atoms with Crippen LogP contribution in [-0.4, -0.2) is 59.1 Å². The zero-order valence-corrected chi connectivity index (χ0v) is 15.6. The van der Waals surface area contributed by atoms with E-state index >= 15 is 0 Å². The molecule has 1 N–H and O–H groups in total. The SMILES string of the molecule is O=C(O)C(F)(F)F.O=C1N(CC2CC2)CCC12CCN(Cc1ccoc1)CC2. The largest absolute Gasteiger partial charge is 0.490 e. The number of hydrogen-bond acceptors (Lipinski definition) is 4. The van der Waals surface area contributed by atoms with Crippen LogP contribution in [0.1, 0.15) is 37.7 Å². The standard InChI is InChI=1S/C17H24N2O2.C2HF3O2/c20-16-17(6-9-19(16)12-14-1-2-14)4-7-18(8-5-17)11-15-3-10-21-13-15;3-2(4,5)1(6)7/h3,10,13-14H,1-2,4-9,11-12H2;(H,6,7). The summed E-state index contributed by atoms with van der Waals surface area (Å²) in [5, 5.41) is 7.12. The Kier molecular flexibility index (Phi) is 6.02. The molecule has 1 amide bonds. The van der Waals surface area contributed by atoms with Gasteiger partial charge in [-0.15, -0.1) is 0 Å². The lowest BCUT2D eigenvalue weighted by atomic mass is 9.77. The van der Waals surface area contributed by atoms with Gasteiger partial charge >= 0.3 is 12.1 Å². The normalized spacial score (nSPS) is 22.2. The molecule has 1 aromatic heterocycles. The topological polar surface area (TPSA) is 74.0 Å². The van der Waals surface area contributed by atoms with Gasteiger partial charge in [-0.05, 0) is 57.2 Å². The second-order valence-corrected chi connectivity index (χ2v) is 7.94. The van der Waals surface area contributed by atoms with Gasteiger partial charge < -0.3 is 14.4 Å². The zero-order chi connectivity index (χ0) is 20.4. The Morgan fingerprint density at radius 2 is 1.82 bits per heavy atom. The molecule has 4 rings (SSSR count). The number of aliphatic carboxylic acids is 1. The smallest absolute Gasteiger partial charge is 0.475 e. The van der Waals surface area contributed by atoms with E-state index in [9.17, 15) is 18.0 Å². The number of halogens is 3. The van der Waals surface area contributed by atoms with Crippen molar-refractivity contribution in [2.24, 2.45) is 11.3 Å². The highest BCUT2D eigenvalue weighted by Gasteiger charge is 2.48. The number of piperidine rings is 1. The third-order valence-electron chi connectivity index (χ3n) is 5.82. The van der Waals surface area contributed by atoms with E-state index in [-0.39, 0.29) is 5.41 Å². The molecule has 1 saturated carbocycles. The van der Waals surface area contributed by atoms with Crippen LogP contribution in [0.5, 0.6) is 0 Å². The number of amides is 1. The number of carbonyl (C=O) groups excluding carboxylic acids is 1. The average molecular weight is 402 g/mol. The third-order valence-corrected chi connectivity index (χ3v) is 5.82. The Labute approximate surface area is 161 Å². The first-order chi connectivity index (χ1) is 13.2. The summed E-state index contributed by atoms with van der Waals surface area (Å²) in [4.78, 5) is 26.3. The van der Waals surface area contributed by atoms with Gasteiger partial charge in [0.15, 0.2) is 0 Å². The number of rotatable bonds is 4. The monoisotopic (exact) mass is 402 g/mol. The fourth-order valence-corrected chi connectivity index (χ4v) is 3.92. The minimum atomic E-state index is -5.08. The summed E-state index contributed by atoms with van der Waals surface area (Å²) < 4.78 is 36.9. The summed E-state index contributed by atoms with van der Waals surface area (Å²) >= 11 is 0. The van der Waals surface area contributed by atoms with Crippen LogP contribution in [0, 0.1) is 11.3 Å². The molecular formula is C19H25F3N2O4. The van der Waals surface area contributed by atoms with E-state index < -0.39 is 12.1 Å². The Morgan fingerprint density at radius 1 is 1.21 bits per heavy atom. The van der Waals surface area contributed by atoms with E-state index in [1.54, 1.807) is 6.26 Å². The molecule has 9 heteroatoms. The molecule has 0 radical (unpaired) electrons. The molecule has 6 nitrogen and oxygen atoms in total. The maximum Gasteiger partial charge on any atom is 0.490 e. The predicted molar refractivity (Wildman–Crippen MR) is 93.3 cm³/mol. The number of carboxylic acids is 1. The molecule has 2 saturated heterocycles. The van der Waals surface area contributed by atoms with Crippen LogP contribution in [0.15, 0.2) is 23.0 Å². The maximum absolute atomic E-state index is 12.8. The molecule has 1 spiro atoms. The Balaban J connectivity index is 0.000000279.